The van der Waals surface area contributed by atoms with Gasteiger partial charge in [0.15, 0.2) is 11.6 Å². The second-order valence-corrected chi connectivity index (χ2v) is 4.44. The summed E-state index contributed by atoms with van der Waals surface area (Å²) in [5.74, 6) is 2.02. The summed E-state index contributed by atoms with van der Waals surface area (Å²) >= 11 is 0. The van der Waals surface area contributed by atoms with Gasteiger partial charge in [-0.25, -0.2) is 9.97 Å². The number of nitrogens with zero attached hydrogens (tertiary/aromatic N) is 2. The van der Waals surface area contributed by atoms with E-state index in [2.05, 4.69) is 34.4 Å². The van der Waals surface area contributed by atoms with Gasteiger partial charge >= 0.3 is 0 Å². The molecule has 0 radical (unpaired) electrons. The fourth-order valence-corrected chi connectivity index (χ4v) is 1.74. The van der Waals surface area contributed by atoms with Gasteiger partial charge in [-0.2, -0.15) is 0 Å². The van der Waals surface area contributed by atoms with E-state index in [1.807, 2.05) is 0 Å². The molecule has 0 aromatic carbocycles. The highest BCUT2D eigenvalue weighted by molar-refractivity contribution is 5.63. The average molecular weight is 268 g/mol. The molecule has 6 heteroatoms. The highest BCUT2D eigenvalue weighted by Crippen LogP contribution is 2.29. The number of aliphatic hydroxyl groups excluding tert-OH is 1. The highest BCUT2D eigenvalue weighted by Gasteiger charge is 2.13. The van der Waals surface area contributed by atoms with Gasteiger partial charge in [0.25, 0.3) is 0 Å². The van der Waals surface area contributed by atoms with Crippen LogP contribution in [0.2, 0.25) is 0 Å². The molecule has 1 aromatic rings. The molecule has 0 spiro atoms. The third kappa shape index (κ3) is 4.90. The van der Waals surface area contributed by atoms with Crippen LogP contribution >= 0.6 is 0 Å². The molecule has 0 aliphatic carbocycles. The van der Waals surface area contributed by atoms with Gasteiger partial charge < -0.3 is 20.5 Å². The first kappa shape index (κ1) is 15.5. The van der Waals surface area contributed by atoms with Gasteiger partial charge in [-0.1, -0.05) is 6.92 Å². The van der Waals surface area contributed by atoms with Gasteiger partial charge in [0.2, 0.25) is 5.75 Å². The molecule has 3 N–H and O–H groups in total. The van der Waals surface area contributed by atoms with Crippen LogP contribution in [0.5, 0.6) is 5.75 Å². The Labute approximate surface area is 114 Å². The fourth-order valence-electron chi connectivity index (χ4n) is 1.74. The Morgan fingerprint density at radius 1 is 1.37 bits per heavy atom. The lowest BCUT2D eigenvalue weighted by Crippen LogP contribution is -2.18. The molecule has 0 fully saturated rings. The van der Waals surface area contributed by atoms with E-state index in [-0.39, 0.29) is 12.6 Å². The van der Waals surface area contributed by atoms with Gasteiger partial charge in [-0.3, -0.25) is 0 Å². The van der Waals surface area contributed by atoms with E-state index in [1.54, 1.807) is 7.11 Å². The molecule has 0 saturated carbocycles. The number of hydrogen-bond donors (Lipinski definition) is 3. The highest BCUT2D eigenvalue weighted by atomic mass is 16.5. The number of anilines is 2. The van der Waals surface area contributed by atoms with Crippen molar-refractivity contribution in [2.24, 2.45) is 0 Å². The van der Waals surface area contributed by atoms with Crippen molar-refractivity contribution in [2.75, 3.05) is 30.9 Å². The maximum absolute atomic E-state index is 8.84. The van der Waals surface area contributed by atoms with Crippen molar-refractivity contribution in [3.05, 3.63) is 6.33 Å². The predicted molar refractivity (Wildman–Crippen MR) is 76.8 cm³/mol. The summed E-state index contributed by atoms with van der Waals surface area (Å²) in [6.07, 6.45) is 4.17. The van der Waals surface area contributed by atoms with Crippen molar-refractivity contribution in [1.82, 2.24) is 9.97 Å². The summed E-state index contributed by atoms with van der Waals surface area (Å²) in [7, 11) is 1.61. The number of aliphatic hydroxyl groups is 1. The first-order chi connectivity index (χ1) is 9.22. The second-order valence-electron chi connectivity index (χ2n) is 4.44. The first-order valence-corrected chi connectivity index (χ1v) is 6.73. The van der Waals surface area contributed by atoms with Crippen molar-refractivity contribution >= 4 is 11.6 Å². The molecule has 1 atom stereocenters. The minimum Gasteiger partial charge on any atom is -0.490 e. The Morgan fingerprint density at radius 2 is 2.11 bits per heavy atom. The lowest BCUT2D eigenvalue weighted by Gasteiger charge is -2.17. The number of rotatable bonds is 9. The van der Waals surface area contributed by atoms with E-state index in [4.69, 9.17) is 9.84 Å². The summed E-state index contributed by atoms with van der Waals surface area (Å²) in [4.78, 5) is 8.41. The largest absolute Gasteiger partial charge is 0.490 e. The van der Waals surface area contributed by atoms with Crippen LogP contribution in [0.25, 0.3) is 0 Å². The van der Waals surface area contributed by atoms with Crippen LogP contribution in [-0.4, -0.2) is 41.4 Å². The SMILES string of the molecule is CCCNc1ncnc(NC(C)CCCO)c1OC. The summed E-state index contributed by atoms with van der Waals surface area (Å²) < 4.78 is 5.38. The Balaban J connectivity index is 2.76. The van der Waals surface area contributed by atoms with Crippen LogP contribution in [0.15, 0.2) is 6.33 Å². The normalized spacial score (nSPS) is 12.0. The molecular formula is C13H24N4O2. The van der Waals surface area contributed by atoms with E-state index in [9.17, 15) is 0 Å². The van der Waals surface area contributed by atoms with Gasteiger partial charge in [0, 0.05) is 19.2 Å². The zero-order valence-corrected chi connectivity index (χ0v) is 11.9. The van der Waals surface area contributed by atoms with Crippen LogP contribution in [-0.2, 0) is 0 Å². The topological polar surface area (TPSA) is 79.3 Å². The van der Waals surface area contributed by atoms with E-state index in [1.165, 1.54) is 6.33 Å². The number of ether oxygens (including phenoxy) is 1. The molecule has 0 aliphatic heterocycles. The van der Waals surface area contributed by atoms with Crippen molar-refractivity contribution in [3.63, 3.8) is 0 Å². The molecule has 1 rings (SSSR count). The quantitative estimate of drug-likeness (QED) is 0.634. The maximum Gasteiger partial charge on any atom is 0.204 e. The first-order valence-electron chi connectivity index (χ1n) is 6.73. The molecule has 0 saturated heterocycles. The molecule has 1 unspecified atom stereocenters. The Kier molecular flexibility index (Phi) is 6.95. The number of nitrogens with one attached hydrogen (secondary N) is 2. The van der Waals surface area contributed by atoms with Crippen molar-refractivity contribution < 1.29 is 9.84 Å². The van der Waals surface area contributed by atoms with Crippen molar-refractivity contribution in [3.8, 4) is 5.75 Å². The van der Waals surface area contributed by atoms with Crippen LogP contribution in [0, 0.1) is 0 Å². The lowest BCUT2D eigenvalue weighted by atomic mass is 10.2. The minimum absolute atomic E-state index is 0.205. The summed E-state index contributed by atoms with van der Waals surface area (Å²) in [5, 5.41) is 15.3. The number of methoxy groups -OCH3 is 1. The molecular weight excluding hydrogens is 244 g/mol. The molecule has 1 aromatic heterocycles. The number of aromatic nitrogens is 2. The third-order valence-corrected chi connectivity index (χ3v) is 2.73. The van der Waals surface area contributed by atoms with Crippen LogP contribution in [0.3, 0.4) is 0 Å². The molecule has 108 valence electrons. The Morgan fingerprint density at radius 3 is 2.74 bits per heavy atom. The van der Waals surface area contributed by atoms with E-state index in [0.717, 1.165) is 25.8 Å². The second kappa shape index (κ2) is 8.53. The molecule has 0 bridgehead atoms. The third-order valence-electron chi connectivity index (χ3n) is 2.73. The molecule has 19 heavy (non-hydrogen) atoms. The Bertz CT molecular complexity index is 374. The zero-order valence-electron chi connectivity index (χ0n) is 11.9. The van der Waals surface area contributed by atoms with Crippen molar-refractivity contribution in [1.29, 1.82) is 0 Å². The summed E-state index contributed by atoms with van der Waals surface area (Å²) in [5.41, 5.74) is 0. The van der Waals surface area contributed by atoms with Crippen LogP contribution < -0.4 is 15.4 Å². The van der Waals surface area contributed by atoms with Gasteiger partial charge in [-0.05, 0) is 26.2 Å². The average Bonchev–Trinajstić information content (AvgIpc) is 2.43. The fraction of sp³-hybridized carbons (Fsp3) is 0.692. The summed E-state index contributed by atoms with van der Waals surface area (Å²) in [6.45, 7) is 5.19. The smallest absolute Gasteiger partial charge is 0.204 e. The zero-order chi connectivity index (χ0) is 14.1. The monoisotopic (exact) mass is 268 g/mol. The van der Waals surface area contributed by atoms with Crippen LogP contribution in [0.1, 0.15) is 33.1 Å². The van der Waals surface area contributed by atoms with Gasteiger partial charge in [0.05, 0.1) is 7.11 Å². The molecule has 0 aliphatic rings. The van der Waals surface area contributed by atoms with Crippen molar-refractivity contribution in [2.45, 2.75) is 39.2 Å². The van der Waals surface area contributed by atoms with E-state index < -0.39 is 0 Å². The maximum atomic E-state index is 8.84. The van der Waals surface area contributed by atoms with Gasteiger partial charge in [-0.15, -0.1) is 0 Å². The summed E-state index contributed by atoms with van der Waals surface area (Å²) in [6, 6.07) is 0.218. The van der Waals surface area contributed by atoms with Crippen LogP contribution in [0.4, 0.5) is 11.6 Å². The standard InChI is InChI=1S/C13H24N4O2/c1-4-7-14-12-11(19-3)13(16-9-15-12)17-10(2)6-5-8-18/h9-10,18H,4-8H2,1-3H3,(H2,14,15,16,17). The van der Waals surface area contributed by atoms with E-state index >= 15 is 0 Å². The molecule has 6 nitrogen and oxygen atoms in total. The molecule has 1 heterocycles. The minimum atomic E-state index is 0.205. The molecule has 0 amide bonds. The number of hydrogen-bond acceptors (Lipinski definition) is 6. The lowest BCUT2D eigenvalue weighted by molar-refractivity contribution is 0.282. The van der Waals surface area contributed by atoms with Gasteiger partial charge in [0.1, 0.15) is 6.33 Å². The van der Waals surface area contributed by atoms with E-state index in [0.29, 0.717) is 17.4 Å². The predicted octanol–water partition coefficient (Wildman–Crippen LogP) is 1.88. The Hall–Kier alpha value is -1.56.